The molecule has 0 aliphatic rings. The standard InChI is InChI=1S/C22H21N3O3/c1-14-18(22(24)26)11-19(17-6-4-5-15(9-17)12-23)25(14)13-16-7-8-20(27-2)21(10-16)28-3/h4-11H,13H2,1-3H3,(H2,24,26). The van der Waals surface area contributed by atoms with Crippen LogP contribution in [0, 0.1) is 18.3 Å². The summed E-state index contributed by atoms with van der Waals surface area (Å²) in [6.45, 7) is 2.37. The maximum Gasteiger partial charge on any atom is 0.250 e. The molecule has 2 aromatic carbocycles. The Labute approximate surface area is 163 Å². The molecule has 1 aromatic heterocycles. The molecule has 0 aliphatic heterocycles. The van der Waals surface area contributed by atoms with Crippen LogP contribution in [0.4, 0.5) is 0 Å². The summed E-state index contributed by atoms with van der Waals surface area (Å²) < 4.78 is 12.7. The van der Waals surface area contributed by atoms with Gasteiger partial charge in [-0.2, -0.15) is 5.26 Å². The predicted molar refractivity (Wildman–Crippen MR) is 106 cm³/mol. The first-order chi connectivity index (χ1) is 13.5. The Kier molecular flexibility index (Phi) is 5.37. The predicted octanol–water partition coefficient (Wildman–Crippen LogP) is 3.50. The Hall–Kier alpha value is -3.72. The number of hydrogen-bond donors (Lipinski definition) is 1. The summed E-state index contributed by atoms with van der Waals surface area (Å²) in [4.78, 5) is 11.9. The lowest BCUT2D eigenvalue weighted by Gasteiger charge is -2.14. The van der Waals surface area contributed by atoms with Crippen LogP contribution in [0.25, 0.3) is 11.3 Å². The van der Waals surface area contributed by atoms with Crippen molar-refractivity contribution >= 4 is 5.91 Å². The fourth-order valence-electron chi connectivity index (χ4n) is 3.25. The molecule has 0 atom stereocenters. The molecule has 0 aliphatic carbocycles. The van der Waals surface area contributed by atoms with Crippen LogP contribution in [0.5, 0.6) is 11.5 Å². The number of methoxy groups -OCH3 is 2. The monoisotopic (exact) mass is 375 g/mol. The molecule has 0 saturated carbocycles. The van der Waals surface area contributed by atoms with Gasteiger partial charge in [0.05, 0.1) is 31.4 Å². The van der Waals surface area contributed by atoms with E-state index in [1.54, 1.807) is 32.4 Å². The highest BCUT2D eigenvalue weighted by molar-refractivity contribution is 5.95. The van der Waals surface area contributed by atoms with E-state index in [-0.39, 0.29) is 0 Å². The summed E-state index contributed by atoms with van der Waals surface area (Å²) in [6.07, 6.45) is 0. The molecule has 28 heavy (non-hydrogen) atoms. The first-order valence-corrected chi connectivity index (χ1v) is 8.69. The largest absolute Gasteiger partial charge is 0.493 e. The van der Waals surface area contributed by atoms with Crippen molar-refractivity contribution in [2.45, 2.75) is 13.5 Å². The van der Waals surface area contributed by atoms with Gasteiger partial charge >= 0.3 is 0 Å². The Morgan fingerprint density at radius 1 is 1.11 bits per heavy atom. The molecular formula is C22H21N3O3. The summed E-state index contributed by atoms with van der Waals surface area (Å²) in [5, 5.41) is 9.21. The van der Waals surface area contributed by atoms with E-state index in [1.165, 1.54) is 0 Å². The number of rotatable bonds is 6. The molecule has 0 bridgehead atoms. The number of carbonyl (C=O) groups is 1. The number of nitrogens with zero attached hydrogens (tertiary/aromatic N) is 2. The zero-order valence-electron chi connectivity index (χ0n) is 16.0. The van der Waals surface area contributed by atoms with Crippen molar-refractivity contribution in [3.8, 4) is 28.8 Å². The minimum Gasteiger partial charge on any atom is -0.493 e. The molecule has 0 saturated heterocycles. The number of aromatic nitrogens is 1. The van der Waals surface area contributed by atoms with E-state index in [4.69, 9.17) is 15.2 Å². The Morgan fingerprint density at radius 2 is 1.86 bits per heavy atom. The number of ether oxygens (including phenoxy) is 2. The van der Waals surface area contributed by atoms with Crippen LogP contribution in [-0.4, -0.2) is 24.7 Å². The zero-order chi connectivity index (χ0) is 20.3. The minimum absolute atomic E-state index is 0.456. The Balaban J connectivity index is 2.12. The molecule has 3 aromatic rings. The van der Waals surface area contributed by atoms with Crippen molar-refractivity contribution in [2.75, 3.05) is 14.2 Å². The van der Waals surface area contributed by atoms with E-state index < -0.39 is 5.91 Å². The first kappa shape index (κ1) is 19.1. The summed E-state index contributed by atoms with van der Waals surface area (Å²) in [7, 11) is 3.18. The van der Waals surface area contributed by atoms with E-state index in [9.17, 15) is 10.1 Å². The number of benzene rings is 2. The lowest BCUT2D eigenvalue weighted by atomic mass is 10.1. The van der Waals surface area contributed by atoms with Gasteiger partial charge in [-0.15, -0.1) is 0 Å². The Morgan fingerprint density at radius 3 is 2.50 bits per heavy atom. The normalized spacial score (nSPS) is 10.4. The smallest absolute Gasteiger partial charge is 0.250 e. The molecule has 3 rings (SSSR count). The number of primary amides is 1. The van der Waals surface area contributed by atoms with E-state index >= 15 is 0 Å². The molecule has 0 radical (unpaired) electrons. The molecule has 6 nitrogen and oxygen atoms in total. The number of hydrogen-bond acceptors (Lipinski definition) is 4. The molecule has 0 unspecified atom stereocenters. The molecule has 1 heterocycles. The third kappa shape index (κ3) is 3.55. The van der Waals surface area contributed by atoms with Crippen molar-refractivity contribution in [1.29, 1.82) is 5.26 Å². The Bertz CT molecular complexity index is 1080. The van der Waals surface area contributed by atoms with E-state index in [1.807, 2.05) is 41.8 Å². The highest BCUT2D eigenvalue weighted by atomic mass is 16.5. The van der Waals surface area contributed by atoms with Gasteiger partial charge in [-0.05, 0) is 48.4 Å². The van der Waals surface area contributed by atoms with Crippen molar-refractivity contribution in [3.63, 3.8) is 0 Å². The molecule has 6 heteroatoms. The lowest BCUT2D eigenvalue weighted by Crippen LogP contribution is -2.12. The van der Waals surface area contributed by atoms with Gasteiger partial charge in [0.25, 0.3) is 5.91 Å². The maximum atomic E-state index is 11.9. The van der Waals surface area contributed by atoms with Crippen molar-refractivity contribution < 1.29 is 14.3 Å². The average Bonchev–Trinajstić information content (AvgIpc) is 3.04. The lowest BCUT2D eigenvalue weighted by molar-refractivity contribution is 0.0999. The summed E-state index contributed by atoms with van der Waals surface area (Å²) in [6, 6.07) is 16.9. The van der Waals surface area contributed by atoms with Gasteiger partial charge in [0.2, 0.25) is 0 Å². The van der Waals surface area contributed by atoms with Crippen LogP contribution < -0.4 is 15.2 Å². The fourth-order valence-corrected chi connectivity index (χ4v) is 3.25. The van der Waals surface area contributed by atoms with Crippen molar-refractivity contribution in [2.24, 2.45) is 5.73 Å². The van der Waals surface area contributed by atoms with E-state index in [0.29, 0.717) is 29.2 Å². The SMILES string of the molecule is COc1ccc(Cn2c(-c3cccc(C#N)c3)cc(C(N)=O)c2C)cc1OC. The van der Waals surface area contributed by atoms with Crippen LogP contribution >= 0.6 is 0 Å². The van der Waals surface area contributed by atoms with Crippen LogP contribution in [0.2, 0.25) is 0 Å². The second-order valence-corrected chi connectivity index (χ2v) is 6.36. The third-order valence-corrected chi connectivity index (χ3v) is 4.71. The van der Waals surface area contributed by atoms with Gasteiger partial charge in [-0.25, -0.2) is 0 Å². The summed E-state index contributed by atoms with van der Waals surface area (Å²) >= 11 is 0. The summed E-state index contributed by atoms with van der Waals surface area (Å²) in [5.41, 5.74) is 9.97. The molecular weight excluding hydrogens is 354 g/mol. The second kappa shape index (κ2) is 7.89. The van der Waals surface area contributed by atoms with Crippen LogP contribution in [-0.2, 0) is 6.54 Å². The molecule has 2 N–H and O–H groups in total. The number of amides is 1. The van der Waals surface area contributed by atoms with Gasteiger partial charge < -0.3 is 19.8 Å². The fraction of sp³-hybridized carbons (Fsp3) is 0.182. The number of nitrogens with two attached hydrogens (primary N) is 1. The third-order valence-electron chi connectivity index (χ3n) is 4.71. The molecule has 0 fully saturated rings. The molecule has 142 valence electrons. The highest BCUT2D eigenvalue weighted by Gasteiger charge is 2.18. The van der Waals surface area contributed by atoms with Crippen molar-refractivity contribution in [1.82, 2.24) is 4.57 Å². The van der Waals surface area contributed by atoms with Gasteiger partial charge in [0.1, 0.15) is 0 Å². The van der Waals surface area contributed by atoms with Crippen LogP contribution in [0.1, 0.15) is 27.2 Å². The second-order valence-electron chi connectivity index (χ2n) is 6.36. The number of carbonyl (C=O) groups excluding carboxylic acids is 1. The minimum atomic E-state index is -0.485. The maximum absolute atomic E-state index is 11.9. The van der Waals surface area contributed by atoms with E-state index in [2.05, 4.69) is 6.07 Å². The van der Waals surface area contributed by atoms with Gasteiger partial charge in [-0.1, -0.05) is 18.2 Å². The van der Waals surface area contributed by atoms with E-state index in [0.717, 1.165) is 22.5 Å². The number of nitriles is 1. The van der Waals surface area contributed by atoms with Crippen LogP contribution in [0.15, 0.2) is 48.5 Å². The first-order valence-electron chi connectivity index (χ1n) is 8.69. The summed E-state index contributed by atoms with van der Waals surface area (Å²) in [5.74, 6) is 0.796. The molecule has 0 spiro atoms. The van der Waals surface area contributed by atoms with Gasteiger partial charge in [0.15, 0.2) is 11.5 Å². The van der Waals surface area contributed by atoms with Crippen molar-refractivity contribution in [3.05, 3.63) is 70.9 Å². The topological polar surface area (TPSA) is 90.3 Å². The van der Waals surface area contributed by atoms with Crippen LogP contribution in [0.3, 0.4) is 0 Å². The highest BCUT2D eigenvalue weighted by Crippen LogP contribution is 2.31. The quantitative estimate of drug-likeness (QED) is 0.714. The zero-order valence-corrected chi connectivity index (χ0v) is 16.0. The average molecular weight is 375 g/mol. The molecule has 1 amide bonds. The van der Waals surface area contributed by atoms with Gasteiger partial charge in [0, 0.05) is 17.9 Å². The van der Waals surface area contributed by atoms with Gasteiger partial charge in [-0.3, -0.25) is 4.79 Å².